The Morgan fingerprint density at radius 2 is 2.00 bits per heavy atom. The van der Waals surface area contributed by atoms with Crippen LogP contribution in [-0.4, -0.2) is 39.2 Å². The summed E-state index contributed by atoms with van der Waals surface area (Å²) in [5, 5.41) is 15.2. The largest absolute Gasteiger partial charge is 0.334 e. The molecule has 0 amide bonds. The van der Waals surface area contributed by atoms with Crippen molar-refractivity contribution in [1.82, 2.24) is 24.2 Å². The van der Waals surface area contributed by atoms with E-state index >= 15 is 0 Å². The fourth-order valence-electron chi connectivity index (χ4n) is 4.35. The third kappa shape index (κ3) is 3.82. The van der Waals surface area contributed by atoms with Crippen LogP contribution in [0.4, 0.5) is 0 Å². The molecule has 0 bridgehead atoms. The van der Waals surface area contributed by atoms with Gasteiger partial charge in [0.15, 0.2) is 5.15 Å². The molecule has 2 N–H and O–H groups in total. The number of benzene rings is 2. The first-order chi connectivity index (χ1) is 15.6. The molecule has 1 aliphatic heterocycles. The lowest BCUT2D eigenvalue weighted by Crippen LogP contribution is -2.40. The van der Waals surface area contributed by atoms with E-state index in [2.05, 4.69) is 15.2 Å². The first-order valence-corrected chi connectivity index (χ1v) is 12.4. The van der Waals surface area contributed by atoms with Crippen molar-refractivity contribution in [3.63, 3.8) is 0 Å². The highest BCUT2D eigenvalue weighted by Gasteiger charge is 2.26. The Balaban J connectivity index is 1.49. The smallest absolute Gasteiger partial charge is 0.277 e. The van der Waals surface area contributed by atoms with Gasteiger partial charge in [0.2, 0.25) is 5.82 Å². The molecule has 0 spiro atoms. The lowest BCUT2D eigenvalue weighted by atomic mass is 9.92. The van der Waals surface area contributed by atoms with Crippen LogP contribution in [0.2, 0.25) is 5.15 Å². The minimum Gasteiger partial charge on any atom is -0.334 e. The standard InChI is InChI=1S/C22H23ClN6O3S/c1-12(2)29-19-7-5-14(10-18(19)20(23)26-29)22-25-21(27-32-22)17-6-4-15-11-28(33(24,30)31)9-8-16(15)13(17)3/h4-7,10,12H,8-9,11H2,1-3H3,(H2,24,30,31). The Hall–Kier alpha value is -2.79. The summed E-state index contributed by atoms with van der Waals surface area (Å²) in [5.74, 6) is 0.862. The van der Waals surface area contributed by atoms with E-state index in [0.717, 1.165) is 38.7 Å². The second kappa shape index (κ2) is 7.91. The van der Waals surface area contributed by atoms with Crippen molar-refractivity contribution < 1.29 is 12.9 Å². The van der Waals surface area contributed by atoms with Crippen molar-refractivity contribution in [2.75, 3.05) is 6.54 Å². The molecule has 33 heavy (non-hydrogen) atoms. The molecule has 4 aromatic rings. The molecule has 5 rings (SSSR count). The van der Waals surface area contributed by atoms with Gasteiger partial charge in [0, 0.05) is 35.6 Å². The van der Waals surface area contributed by atoms with Gasteiger partial charge in [0.1, 0.15) is 0 Å². The Bertz CT molecular complexity index is 1490. The van der Waals surface area contributed by atoms with Crippen LogP contribution in [0, 0.1) is 6.92 Å². The van der Waals surface area contributed by atoms with Crippen LogP contribution in [-0.2, 0) is 23.2 Å². The molecule has 0 saturated heterocycles. The number of aromatic nitrogens is 4. The summed E-state index contributed by atoms with van der Waals surface area (Å²) in [6.45, 7) is 6.70. The van der Waals surface area contributed by atoms with E-state index in [4.69, 9.17) is 21.3 Å². The summed E-state index contributed by atoms with van der Waals surface area (Å²) in [5.41, 5.74) is 5.57. The van der Waals surface area contributed by atoms with Gasteiger partial charge in [0.25, 0.3) is 16.1 Å². The highest BCUT2D eigenvalue weighted by Crippen LogP contribution is 2.33. The van der Waals surface area contributed by atoms with Gasteiger partial charge in [0.05, 0.1) is 5.52 Å². The van der Waals surface area contributed by atoms with Crippen LogP contribution in [0.5, 0.6) is 0 Å². The minimum absolute atomic E-state index is 0.185. The van der Waals surface area contributed by atoms with Crippen LogP contribution in [0.3, 0.4) is 0 Å². The summed E-state index contributed by atoms with van der Waals surface area (Å²) in [4.78, 5) is 4.62. The summed E-state index contributed by atoms with van der Waals surface area (Å²) < 4.78 is 32.1. The quantitative estimate of drug-likeness (QED) is 0.467. The van der Waals surface area contributed by atoms with Crippen LogP contribution >= 0.6 is 11.6 Å². The number of rotatable bonds is 4. The van der Waals surface area contributed by atoms with Crippen LogP contribution in [0.15, 0.2) is 34.9 Å². The van der Waals surface area contributed by atoms with Crippen LogP contribution < -0.4 is 5.14 Å². The van der Waals surface area contributed by atoms with E-state index < -0.39 is 10.2 Å². The normalized spacial score (nSPS) is 14.8. The Morgan fingerprint density at radius 1 is 1.21 bits per heavy atom. The zero-order valence-corrected chi connectivity index (χ0v) is 20.0. The highest BCUT2D eigenvalue weighted by atomic mass is 35.5. The number of hydrogen-bond donors (Lipinski definition) is 1. The minimum atomic E-state index is -3.71. The average molecular weight is 487 g/mol. The van der Waals surface area contributed by atoms with Crippen LogP contribution in [0.1, 0.15) is 36.6 Å². The first kappa shape index (κ1) is 22.0. The number of halogens is 1. The third-order valence-electron chi connectivity index (χ3n) is 6.08. The van der Waals surface area contributed by atoms with Crippen molar-refractivity contribution >= 4 is 32.7 Å². The highest BCUT2D eigenvalue weighted by molar-refractivity contribution is 7.86. The van der Waals surface area contributed by atoms with Crippen LogP contribution in [0.25, 0.3) is 33.7 Å². The Kier molecular flexibility index (Phi) is 5.28. The van der Waals surface area contributed by atoms with Gasteiger partial charge in [-0.2, -0.15) is 22.8 Å². The summed E-state index contributed by atoms with van der Waals surface area (Å²) >= 11 is 6.36. The molecule has 0 radical (unpaired) electrons. The zero-order valence-electron chi connectivity index (χ0n) is 18.4. The third-order valence-corrected chi connectivity index (χ3v) is 7.39. The topological polar surface area (TPSA) is 120 Å². The predicted molar refractivity (Wildman–Crippen MR) is 126 cm³/mol. The number of nitrogens with two attached hydrogens (primary N) is 1. The fraction of sp³-hybridized carbons (Fsp3) is 0.318. The van der Waals surface area contributed by atoms with Crippen molar-refractivity contribution in [2.45, 2.75) is 39.8 Å². The molecule has 172 valence electrons. The van der Waals surface area contributed by atoms with Crippen molar-refractivity contribution in [3.8, 4) is 22.8 Å². The molecule has 0 saturated carbocycles. The molecule has 3 heterocycles. The summed E-state index contributed by atoms with van der Waals surface area (Å²) in [7, 11) is -3.71. The van der Waals surface area contributed by atoms with Gasteiger partial charge in [-0.1, -0.05) is 28.9 Å². The summed E-state index contributed by atoms with van der Waals surface area (Å²) in [6, 6.07) is 9.75. The van der Waals surface area contributed by atoms with E-state index in [0.29, 0.717) is 29.8 Å². The maximum Gasteiger partial charge on any atom is 0.277 e. The van der Waals surface area contributed by atoms with E-state index in [1.807, 2.05) is 55.8 Å². The molecule has 0 unspecified atom stereocenters. The monoisotopic (exact) mass is 486 g/mol. The molecule has 2 aromatic heterocycles. The van der Waals surface area contributed by atoms with E-state index in [9.17, 15) is 8.42 Å². The molecular formula is C22H23ClN6O3S. The van der Waals surface area contributed by atoms with E-state index in [-0.39, 0.29) is 12.6 Å². The second-order valence-corrected chi connectivity index (χ2v) is 10.4. The van der Waals surface area contributed by atoms with Crippen molar-refractivity contribution in [1.29, 1.82) is 0 Å². The Labute approximate surface area is 196 Å². The van der Waals surface area contributed by atoms with Crippen molar-refractivity contribution in [3.05, 3.63) is 52.2 Å². The first-order valence-electron chi connectivity index (χ1n) is 10.5. The Morgan fingerprint density at radius 3 is 2.73 bits per heavy atom. The van der Waals surface area contributed by atoms with Gasteiger partial charge >= 0.3 is 0 Å². The van der Waals surface area contributed by atoms with Gasteiger partial charge in [-0.3, -0.25) is 4.68 Å². The fourth-order valence-corrected chi connectivity index (χ4v) is 5.25. The maximum absolute atomic E-state index is 11.7. The van der Waals surface area contributed by atoms with Crippen molar-refractivity contribution in [2.24, 2.45) is 5.14 Å². The number of nitrogens with zero attached hydrogens (tertiary/aromatic N) is 5. The molecular weight excluding hydrogens is 464 g/mol. The lowest BCUT2D eigenvalue weighted by Gasteiger charge is -2.28. The number of hydrogen-bond acceptors (Lipinski definition) is 6. The molecule has 0 atom stereocenters. The van der Waals surface area contributed by atoms with E-state index in [1.165, 1.54) is 4.31 Å². The van der Waals surface area contributed by atoms with Gasteiger partial charge < -0.3 is 4.52 Å². The molecule has 0 aliphatic carbocycles. The maximum atomic E-state index is 11.7. The lowest BCUT2D eigenvalue weighted by molar-refractivity contribution is 0.391. The molecule has 1 aliphatic rings. The van der Waals surface area contributed by atoms with Gasteiger partial charge in [-0.15, -0.1) is 0 Å². The molecule has 2 aromatic carbocycles. The molecule has 9 nitrogen and oxygen atoms in total. The second-order valence-electron chi connectivity index (χ2n) is 8.49. The zero-order chi connectivity index (χ0) is 23.5. The molecule has 11 heteroatoms. The average Bonchev–Trinajstić information content (AvgIpc) is 3.38. The number of fused-ring (bicyclic) bond motifs is 2. The predicted octanol–water partition coefficient (Wildman–Crippen LogP) is 3.86. The van der Waals surface area contributed by atoms with E-state index in [1.54, 1.807) is 0 Å². The SMILES string of the molecule is Cc1c(-c2noc(-c3ccc4c(c3)c(Cl)nn4C(C)C)n2)ccc2c1CCN(S(N)(=O)=O)C2. The molecule has 0 fully saturated rings. The van der Waals surface area contributed by atoms with Gasteiger partial charge in [-0.25, -0.2) is 5.14 Å². The summed E-state index contributed by atoms with van der Waals surface area (Å²) in [6.07, 6.45) is 0.575. The van der Waals surface area contributed by atoms with Gasteiger partial charge in [-0.05, 0) is 62.1 Å².